The molecule has 0 atom stereocenters. The van der Waals surface area contributed by atoms with E-state index in [9.17, 15) is 4.79 Å². The molecule has 0 spiro atoms. The lowest BCUT2D eigenvalue weighted by Gasteiger charge is -2.27. The van der Waals surface area contributed by atoms with Gasteiger partial charge in [0.05, 0.1) is 26.9 Å². The van der Waals surface area contributed by atoms with Crippen molar-refractivity contribution in [1.29, 1.82) is 0 Å². The molecule has 0 bridgehead atoms. The summed E-state index contributed by atoms with van der Waals surface area (Å²) in [6, 6.07) is 3.30. The van der Waals surface area contributed by atoms with Crippen molar-refractivity contribution in [3.8, 4) is 17.2 Å². The highest BCUT2D eigenvalue weighted by Crippen LogP contribution is 2.34. The average Bonchev–Trinajstić information content (AvgIpc) is 2.64. The predicted molar refractivity (Wildman–Crippen MR) is 99.6 cm³/mol. The minimum Gasteiger partial charge on any atom is -0.496 e. The van der Waals surface area contributed by atoms with E-state index in [-0.39, 0.29) is 18.3 Å². The summed E-state index contributed by atoms with van der Waals surface area (Å²) in [5.74, 6) is 1.33. The topological polar surface area (TPSA) is 72.1 Å². The molecule has 142 valence electrons. The highest BCUT2D eigenvalue weighted by Gasteiger charge is 2.17. The fourth-order valence-corrected chi connectivity index (χ4v) is 2.74. The van der Waals surface area contributed by atoms with Crippen molar-refractivity contribution in [1.82, 2.24) is 15.5 Å². The normalized spacial score (nSPS) is 14.4. The van der Waals surface area contributed by atoms with Crippen molar-refractivity contribution in [2.45, 2.75) is 6.42 Å². The van der Waals surface area contributed by atoms with Gasteiger partial charge in [0.2, 0.25) is 0 Å². The van der Waals surface area contributed by atoms with Crippen molar-refractivity contribution in [2.24, 2.45) is 0 Å². The summed E-state index contributed by atoms with van der Waals surface area (Å²) in [4.78, 5) is 14.8. The monoisotopic (exact) mass is 373 g/mol. The second kappa shape index (κ2) is 11.0. The molecular weight excluding hydrogens is 346 g/mol. The number of halogens is 1. The standard InChI is InChI=1S/C17H27N3O4.ClH/c1-22-14-12-16(24-3)15(23-2)11-13(14)17(21)19-5-4-8-20-9-6-18-7-10-20;/h11-12,18H,4-10H2,1-3H3,(H,19,21);1H. The Bertz CT molecular complexity index is 551. The number of benzene rings is 1. The molecule has 1 fully saturated rings. The molecular formula is C17H28ClN3O4. The molecule has 1 amide bonds. The lowest BCUT2D eigenvalue weighted by Crippen LogP contribution is -2.44. The number of hydrogen-bond donors (Lipinski definition) is 2. The smallest absolute Gasteiger partial charge is 0.255 e. The van der Waals surface area contributed by atoms with E-state index in [1.807, 2.05) is 0 Å². The molecule has 0 aromatic heterocycles. The largest absolute Gasteiger partial charge is 0.496 e. The Kier molecular flexibility index (Phi) is 9.41. The number of piperazine rings is 1. The zero-order valence-corrected chi connectivity index (χ0v) is 15.9. The third-order valence-corrected chi connectivity index (χ3v) is 4.10. The van der Waals surface area contributed by atoms with Crippen molar-refractivity contribution >= 4 is 18.3 Å². The molecule has 0 unspecified atom stereocenters. The highest BCUT2D eigenvalue weighted by atomic mass is 35.5. The number of rotatable bonds is 8. The summed E-state index contributed by atoms with van der Waals surface area (Å²) in [7, 11) is 4.62. The van der Waals surface area contributed by atoms with E-state index in [1.165, 1.54) is 7.11 Å². The van der Waals surface area contributed by atoms with Crippen LogP contribution in [0.25, 0.3) is 0 Å². The molecule has 25 heavy (non-hydrogen) atoms. The number of carbonyl (C=O) groups excluding carboxylic acids is 1. The Hall–Kier alpha value is -1.70. The van der Waals surface area contributed by atoms with E-state index in [2.05, 4.69) is 15.5 Å². The van der Waals surface area contributed by atoms with Crippen LogP contribution < -0.4 is 24.8 Å². The lowest BCUT2D eigenvalue weighted by atomic mass is 10.1. The van der Waals surface area contributed by atoms with E-state index < -0.39 is 0 Å². The third-order valence-electron chi connectivity index (χ3n) is 4.10. The van der Waals surface area contributed by atoms with Crippen LogP contribution in [0.4, 0.5) is 0 Å². The van der Waals surface area contributed by atoms with Crippen LogP contribution in [0, 0.1) is 0 Å². The molecule has 0 saturated carbocycles. The Labute approximate surface area is 155 Å². The quantitative estimate of drug-likeness (QED) is 0.666. The molecule has 2 rings (SSSR count). The summed E-state index contributed by atoms with van der Waals surface area (Å²) in [6.45, 7) is 5.82. The van der Waals surface area contributed by atoms with Crippen molar-refractivity contribution in [3.63, 3.8) is 0 Å². The minimum absolute atomic E-state index is 0. The molecule has 1 heterocycles. The molecule has 0 radical (unpaired) electrons. The fourth-order valence-electron chi connectivity index (χ4n) is 2.74. The first-order valence-electron chi connectivity index (χ1n) is 8.21. The maximum atomic E-state index is 12.4. The summed E-state index contributed by atoms with van der Waals surface area (Å²) >= 11 is 0. The van der Waals surface area contributed by atoms with E-state index in [4.69, 9.17) is 14.2 Å². The second-order valence-electron chi connectivity index (χ2n) is 5.61. The van der Waals surface area contributed by atoms with Crippen LogP contribution >= 0.6 is 12.4 Å². The van der Waals surface area contributed by atoms with Crippen molar-refractivity contribution in [3.05, 3.63) is 17.7 Å². The highest BCUT2D eigenvalue weighted by molar-refractivity contribution is 5.97. The summed E-state index contributed by atoms with van der Waals surface area (Å²) in [5, 5.41) is 6.27. The zero-order chi connectivity index (χ0) is 17.4. The molecule has 1 aromatic carbocycles. The fraction of sp³-hybridized carbons (Fsp3) is 0.588. The average molecular weight is 374 g/mol. The molecule has 1 aromatic rings. The van der Waals surface area contributed by atoms with Gasteiger partial charge in [-0.1, -0.05) is 0 Å². The van der Waals surface area contributed by atoms with Gasteiger partial charge in [-0.2, -0.15) is 0 Å². The van der Waals surface area contributed by atoms with Gasteiger partial charge in [0.25, 0.3) is 5.91 Å². The summed E-state index contributed by atoms with van der Waals surface area (Å²) in [5.41, 5.74) is 0.442. The molecule has 1 aliphatic rings. The van der Waals surface area contributed by atoms with Crippen LogP contribution in [0.15, 0.2) is 12.1 Å². The number of methoxy groups -OCH3 is 3. The van der Waals surface area contributed by atoms with Gasteiger partial charge in [-0.25, -0.2) is 0 Å². The van der Waals surface area contributed by atoms with Gasteiger partial charge >= 0.3 is 0 Å². The Balaban J connectivity index is 0.00000312. The van der Waals surface area contributed by atoms with Gasteiger partial charge in [-0.3, -0.25) is 4.79 Å². The molecule has 1 saturated heterocycles. The number of carbonyl (C=O) groups is 1. The first kappa shape index (κ1) is 21.3. The Morgan fingerprint density at radius 1 is 1.08 bits per heavy atom. The maximum Gasteiger partial charge on any atom is 0.255 e. The molecule has 0 aliphatic carbocycles. The van der Waals surface area contributed by atoms with E-state index in [0.29, 0.717) is 29.4 Å². The number of hydrogen-bond acceptors (Lipinski definition) is 6. The van der Waals surface area contributed by atoms with Crippen LogP contribution in [0.2, 0.25) is 0 Å². The van der Waals surface area contributed by atoms with Gasteiger partial charge < -0.3 is 29.7 Å². The Morgan fingerprint density at radius 3 is 2.28 bits per heavy atom. The second-order valence-corrected chi connectivity index (χ2v) is 5.61. The summed E-state index contributed by atoms with van der Waals surface area (Å²) in [6.07, 6.45) is 0.918. The van der Waals surface area contributed by atoms with Crippen LogP contribution in [-0.4, -0.2) is 71.4 Å². The Morgan fingerprint density at radius 2 is 1.68 bits per heavy atom. The third kappa shape index (κ3) is 5.95. The van der Waals surface area contributed by atoms with Crippen LogP contribution in [0.3, 0.4) is 0 Å². The van der Waals surface area contributed by atoms with Gasteiger partial charge in [0, 0.05) is 44.9 Å². The molecule has 2 N–H and O–H groups in total. The van der Waals surface area contributed by atoms with Gasteiger partial charge in [-0.15, -0.1) is 12.4 Å². The van der Waals surface area contributed by atoms with Crippen molar-refractivity contribution in [2.75, 3.05) is 60.6 Å². The van der Waals surface area contributed by atoms with E-state index >= 15 is 0 Å². The maximum absolute atomic E-state index is 12.4. The molecule has 8 heteroatoms. The first-order valence-corrected chi connectivity index (χ1v) is 8.21. The van der Waals surface area contributed by atoms with Crippen LogP contribution in [0.5, 0.6) is 17.2 Å². The molecule has 1 aliphatic heterocycles. The zero-order valence-electron chi connectivity index (χ0n) is 15.1. The first-order chi connectivity index (χ1) is 11.7. The number of amides is 1. The minimum atomic E-state index is -0.173. The van der Waals surface area contributed by atoms with Gasteiger partial charge in [-0.05, 0) is 13.0 Å². The van der Waals surface area contributed by atoms with Crippen LogP contribution in [-0.2, 0) is 0 Å². The van der Waals surface area contributed by atoms with Crippen molar-refractivity contribution < 1.29 is 19.0 Å². The number of nitrogens with zero attached hydrogens (tertiary/aromatic N) is 1. The van der Waals surface area contributed by atoms with E-state index in [1.54, 1.807) is 26.4 Å². The molecule has 7 nitrogen and oxygen atoms in total. The predicted octanol–water partition coefficient (Wildman–Crippen LogP) is 1.16. The SMILES string of the molecule is COc1cc(OC)c(C(=O)NCCCN2CCNCC2)cc1OC.Cl. The van der Waals surface area contributed by atoms with Gasteiger partial charge in [0.1, 0.15) is 5.75 Å². The lowest BCUT2D eigenvalue weighted by molar-refractivity contribution is 0.0947. The van der Waals surface area contributed by atoms with E-state index in [0.717, 1.165) is 39.1 Å². The summed E-state index contributed by atoms with van der Waals surface area (Å²) < 4.78 is 15.8. The van der Waals surface area contributed by atoms with Crippen LogP contribution in [0.1, 0.15) is 16.8 Å². The number of nitrogens with one attached hydrogen (secondary N) is 2. The van der Waals surface area contributed by atoms with Gasteiger partial charge in [0.15, 0.2) is 11.5 Å². The number of ether oxygens (including phenoxy) is 3.